The largest absolute Gasteiger partial charge is 0.493 e. The van der Waals surface area contributed by atoms with Gasteiger partial charge in [-0.05, 0) is 92.0 Å². The summed E-state index contributed by atoms with van der Waals surface area (Å²) in [5.41, 5.74) is 23.6. The Morgan fingerprint density at radius 3 is 1.45 bits per heavy atom. The number of allylic oxidation sites excluding steroid dienone is 2. The number of nitrogens with zero attached hydrogens (tertiary/aromatic N) is 2. The fourth-order valence-corrected chi connectivity index (χ4v) is 4.63. The van der Waals surface area contributed by atoms with Crippen LogP contribution in [0.4, 0.5) is 0 Å². The van der Waals surface area contributed by atoms with Crippen molar-refractivity contribution in [2.75, 3.05) is 0 Å². The number of benzene rings is 2. The molecule has 0 spiro atoms. The molecule has 1 aliphatic heterocycles. The van der Waals surface area contributed by atoms with Crippen molar-refractivity contribution >= 4 is 11.4 Å². The van der Waals surface area contributed by atoms with E-state index in [2.05, 4.69) is 77.9 Å². The van der Waals surface area contributed by atoms with Crippen molar-refractivity contribution in [3.8, 4) is 0 Å². The molecular weight excluding hydrogens is 376 g/mol. The molecule has 3 rings (SSSR count). The van der Waals surface area contributed by atoms with E-state index in [0.717, 1.165) is 67.5 Å². The zero-order valence-corrected chi connectivity index (χ0v) is 20.3. The Morgan fingerprint density at radius 2 is 1.06 bits per heavy atom. The van der Waals surface area contributed by atoms with Crippen LogP contribution in [0, 0.1) is 0 Å². The molecule has 0 amide bonds. The summed E-state index contributed by atoms with van der Waals surface area (Å²) in [6.45, 7) is 13.2. The molecule has 0 N–H and O–H groups in total. The average molecular weight is 415 g/mol. The Balaban J connectivity index is 2.18. The maximum Gasteiger partial charge on any atom is 0.211 e. The summed E-state index contributed by atoms with van der Waals surface area (Å²) in [5.74, 6) is 0. The number of hydrogen-bond donors (Lipinski definition) is 0. The van der Waals surface area contributed by atoms with Crippen LogP contribution in [0.15, 0.2) is 47.5 Å². The van der Waals surface area contributed by atoms with Crippen LogP contribution in [0.25, 0.3) is 16.9 Å². The Hall–Kier alpha value is -2.48. The molecule has 0 saturated carbocycles. The minimum Gasteiger partial charge on any atom is -0.493 e. The Morgan fingerprint density at radius 1 is 0.645 bits per heavy atom. The van der Waals surface area contributed by atoms with Crippen LogP contribution in [-0.4, -0.2) is 4.70 Å². The first kappa shape index (κ1) is 23.2. The first-order valence-electron chi connectivity index (χ1n) is 12.2. The monoisotopic (exact) mass is 414 g/mol. The van der Waals surface area contributed by atoms with E-state index in [4.69, 9.17) is 0 Å². The maximum atomic E-state index is 11.6. The van der Waals surface area contributed by atoms with E-state index < -0.39 is 0 Å². The molecule has 2 heteroatoms. The van der Waals surface area contributed by atoms with Gasteiger partial charge in [-0.1, -0.05) is 53.2 Å². The van der Waals surface area contributed by atoms with Crippen LogP contribution in [-0.2, 0) is 25.7 Å². The van der Waals surface area contributed by atoms with Crippen LogP contribution < -0.4 is 0 Å². The summed E-state index contributed by atoms with van der Waals surface area (Å²) in [6.07, 6.45) is 7.26. The van der Waals surface area contributed by atoms with E-state index in [-0.39, 0.29) is 0 Å². The van der Waals surface area contributed by atoms with Gasteiger partial charge in [-0.2, -0.15) is 0 Å². The fraction of sp³-hybridized carbons (Fsp3) is 0.448. The van der Waals surface area contributed by atoms with E-state index >= 15 is 0 Å². The van der Waals surface area contributed by atoms with E-state index in [1.54, 1.807) is 0 Å². The van der Waals surface area contributed by atoms with Gasteiger partial charge in [0.05, 0.1) is 0 Å². The Bertz CT molecular complexity index is 992. The second kappa shape index (κ2) is 10.2. The summed E-state index contributed by atoms with van der Waals surface area (Å²) >= 11 is 0. The lowest BCUT2D eigenvalue weighted by atomic mass is 9.94. The predicted molar refractivity (Wildman–Crippen MR) is 133 cm³/mol. The van der Waals surface area contributed by atoms with Crippen molar-refractivity contribution < 1.29 is 4.70 Å². The van der Waals surface area contributed by atoms with Gasteiger partial charge in [-0.3, -0.25) is 0 Å². The maximum absolute atomic E-state index is 11.6. The zero-order valence-electron chi connectivity index (χ0n) is 20.3. The normalized spacial score (nSPS) is 14.2. The van der Waals surface area contributed by atoms with Gasteiger partial charge in [-0.15, -0.1) is 0 Å². The van der Waals surface area contributed by atoms with Gasteiger partial charge >= 0.3 is 0 Å². The van der Waals surface area contributed by atoms with Gasteiger partial charge < -0.3 is 5.53 Å². The lowest BCUT2D eigenvalue weighted by Crippen LogP contribution is -2.04. The standard InChI is InChI=1S/C29H38N2/c1-7-12-13-27-20(6)28(25-16-21(8-2)14-22(9-3)17-25)31(30)29(27)26-18-23(10-4)15-24(11-5)19-26/h14-19H,7-13H2,1-6H3. The van der Waals surface area contributed by atoms with Crippen LogP contribution in [0.3, 0.4) is 0 Å². The number of rotatable bonds is 9. The Kier molecular flexibility index (Phi) is 7.64. The van der Waals surface area contributed by atoms with Crippen molar-refractivity contribution in [3.05, 3.63) is 86.5 Å². The highest BCUT2D eigenvalue weighted by Crippen LogP contribution is 2.43. The van der Waals surface area contributed by atoms with Crippen molar-refractivity contribution in [2.45, 2.75) is 86.5 Å². The van der Waals surface area contributed by atoms with E-state index in [1.165, 1.54) is 38.1 Å². The molecule has 0 radical (unpaired) electrons. The smallest absolute Gasteiger partial charge is 0.211 e. The van der Waals surface area contributed by atoms with E-state index in [1.807, 2.05) is 0 Å². The molecule has 1 aliphatic rings. The molecule has 2 nitrogen and oxygen atoms in total. The molecule has 0 saturated heterocycles. The van der Waals surface area contributed by atoms with Gasteiger partial charge in [-0.25, -0.2) is 4.70 Å². The SMILES string of the molecule is CCCCC1=C(c2cc(CC)cc(CC)c2)[N+](=[N-])C(c2cc(CC)cc(CC)c2)=C1C. The third kappa shape index (κ3) is 4.74. The van der Waals surface area contributed by atoms with Gasteiger partial charge in [0.25, 0.3) is 0 Å². The molecule has 1 heterocycles. The van der Waals surface area contributed by atoms with Crippen LogP contribution in [0.1, 0.15) is 94.2 Å². The highest BCUT2D eigenvalue weighted by molar-refractivity contribution is 5.82. The molecule has 0 atom stereocenters. The van der Waals surface area contributed by atoms with E-state index in [0.29, 0.717) is 0 Å². The summed E-state index contributed by atoms with van der Waals surface area (Å²) < 4.78 is 1.49. The summed E-state index contributed by atoms with van der Waals surface area (Å²) in [4.78, 5) is 0. The van der Waals surface area contributed by atoms with Crippen LogP contribution in [0.5, 0.6) is 0 Å². The molecule has 2 aromatic carbocycles. The van der Waals surface area contributed by atoms with Crippen LogP contribution >= 0.6 is 0 Å². The van der Waals surface area contributed by atoms with E-state index in [9.17, 15) is 5.53 Å². The molecule has 164 valence electrons. The first-order valence-corrected chi connectivity index (χ1v) is 12.2. The van der Waals surface area contributed by atoms with Crippen LogP contribution in [0.2, 0.25) is 0 Å². The van der Waals surface area contributed by atoms with Crippen molar-refractivity contribution in [1.29, 1.82) is 0 Å². The lowest BCUT2D eigenvalue weighted by Gasteiger charge is -2.13. The van der Waals surface area contributed by atoms with Gasteiger partial charge in [0.2, 0.25) is 11.4 Å². The minimum atomic E-state index is 0.950. The molecule has 0 aliphatic carbocycles. The fourth-order valence-electron chi connectivity index (χ4n) is 4.63. The number of unbranched alkanes of at least 4 members (excludes halogenated alkanes) is 1. The van der Waals surface area contributed by atoms with Gasteiger partial charge in [0, 0.05) is 22.3 Å². The highest BCUT2D eigenvalue weighted by atomic mass is 15.2. The van der Waals surface area contributed by atoms with Crippen molar-refractivity contribution in [2.24, 2.45) is 0 Å². The molecule has 0 bridgehead atoms. The average Bonchev–Trinajstić information content (AvgIpc) is 3.05. The topological polar surface area (TPSA) is 25.3 Å². The number of hydrogen-bond acceptors (Lipinski definition) is 0. The molecule has 0 aromatic heterocycles. The lowest BCUT2D eigenvalue weighted by molar-refractivity contribution is -0.345. The van der Waals surface area contributed by atoms with Crippen molar-refractivity contribution in [1.82, 2.24) is 0 Å². The molecular formula is C29H38N2. The summed E-state index contributed by atoms with van der Waals surface area (Å²) in [5, 5.41) is 0. The molecule has 2 aromatic rings. The second-order valence-corrected chi connectivity index (χ2v) is 8.71. The number of aryl methyl sites for hydroxylation is 4. The third-order valence-electron chi connectivity index (χ3n) is 6.58. The minimum absolute atomic E-state index is 0.950. The molecule has 0 fully saturated rings. The van der Waals surface area contributed by atoms with Gasteiger partial charge in [0.1, 0.15) is 0 Å². The highest BCUT2D eigenvalue weighted by Gasteiger charge is 2.33. The second-order valence-electron chi connectivity index (χ2n) is 8.71. The first-order chi connectivity index (χ1) is 15.0. The zero-order chi connectivity index (χ0) is 22.5. The summed E-state index contributed by atoms with van der Waals surface area (Å²) in [7, 11) is 0. The summed E-state index contributed by atoms with van der Waals surface area (Å²) in [6, 6.07) is 13.6. The van der Waals surface area contributed by atoms with Crippen molar-refractivity contribution in [3.63, 3.8) is 0 Å². The third-order valence-corrected chi connectivity index (χ3v) is 6.58. The quantitative estimate of drug-likeness (QED) is 0.369. The predicted octanol–water partition coefficient (Wildman–Crippen LogP) is 8.32. The molecule has 31 heavy (non-hydrogen) atoms. The Labute approximate surface area is 189 Å². The molecule has 0 unspecified atom stereocenters. The van der Waals surface area contributed by atoms with Gasteiger partial charge in [0.15, 0.2) is 0 Å².